The summed E-state index contributed by atoms with van der Waals surface area (Å²) in [5.74, 6) is -0.0498. The molecule has 3 aliphatic rings. The number of hydrogen-bond acceptors (Lipinski definition) is 6. The lowest BCUT2D eigenvalue weighted by Gasteiger charge is -2.27. The fourth-order valence-electron chi connectivity index (χ4n) is 4.11. The first-order valence-electron chi connectivity index (χ1n) is 10.4. The van der Waals surface area contributed by atoms with E-state index in [1.54, 1.807) is 6.92 Å². The van der Waals surface area contributed by atoms with Gasteiger partial charge >= 0.3 is 0 Å². The van der Waals surface area contributed by atoms with Crippen molar-refractivity contribution in [3.05, 3.63) is 34.6 Å². The van der Waals surface area contributed by atoms with Gasteiger partial charge in [-0.15, -0.1) is 10.2 Å². The van der Waals surface area contributed by atoms with Gasteiger partial charge in [-0.05, 0) is 69.5 Å². The molecule has 1 aromatic heterocycles. The maximum Gasteiger partial charge on any atom is 0.151 e. The lowest BCUT2D eigenvalue weighted by molar-refractivity contribution is 0.00838. The fourth-order valence-corrected chi connectivity index (χ4v) is 4.11. The van der Waals surface area contributed by atoms with Crippen LogP contribution in [-0.4, -0.2) is 52.1 Å². The van der Waals surface area contributed by atoms with Crippen LogP contribution in [0.5, 0.6) is 5.75 Å². The molecule has 2 aliphatic heterocycles. The lowest BCUT2D eigenvalue weighted by Crippen LogP contribution is -2.32. The second-order valence-corrected chi connectivity index (χ2v) is 8.66. The van der Waals surface area contributed by atoms with Crippen molar-refractivity contribution in [2.45, 2.75) is 57.4 Å². The summed E-state index contributed by atoms with van der Waals surface area (Å²) >= 11 is 0. The maximum atomic E-state index is 13.9. The lowest BCUT2D eigenvalue weighted by atomic mass is 9.93. The van der Waals surface area contributed by atoms with E-state index in [1.165, 1.54) is 12.1 Å². The Hall–Kier alpha value is -2.32. The van der Waals surface area contributed by atoms with Gasteiger partial charge in [-0.3, -0.25) is 0 Å². The summed E-state index contributed by atoms with van der Waals surface area (Å²) in [6.45, 7) is 3.70. The molecule has 0 amide bonds. The Labute approximate surface area is 175 Å². The van der Waals surface area contributed by atoms with Crippen molar-refractivity contribution in [3.63, 3.8) is 0 Å². The Morgan fingerprint density at radius 3 is 2.67 bits per heavy atom. The number of phenols is 1. The number of nitrogens with two attached hydrogens (primary N) is 1. The van der Waals surface area contributed by atoms with E-state index in [1.807, 2.05) is 11.9 Å². The van der Waals surface area contributed by atoms with E-state index in [4.69, 9.17) is 10.5 Å². The number of aromatic hydroxyl groups is 1. The van der Waals surface area contributed by atoms with Gasteiger partial charge in [0.05, 0.1) is 12.2 Å². The van der Waals surface area contributed by atoms with Crippen LogP contribution in [0.4, 0.5) is 14.6 Å². The second kappa shape index (κ2) is 8.07. The normalized spacial score (nSPS) is 22.2. The molecule has 3 heterocycles. The summed E-state index contributed by atoms with van der Waals surface area (Å²) in [5.41, 5.74) is 8.71. The number of fused-ring (bicyclic) bond motifs is 1. The molecule has 2 fully saturated rings. The van der Waals surface area contributed by atoms with Crippen molar-refractivity contribution >= 4 is 5.82 Å². The number of likely N-dealkylation sites (tertiary alicyclic amines) is 1. The molecule has 5 rings (SSSR count). The van der Waals surface area contributed by atoms with Crippen molar-refractivity contribution in [1.29, 1.82) is 0 Å². The van der Waals surface area contributed by atoms with Crippen LogP contribution >= 0.6 is 0 Å². The Morgan fingerprint density at radius 2 is 2.03 bits per heavy atom. The van der Waals surface area contributed by atoms with Gasteiger partial charge in [-0.2, -0.15) is 0 Å². The molecule has 30 heavy (non-hydrogen) atoms. The number of anilines is 1. The molecule has 1 atom stereocenters. The molecule has 1 saturated heterocycles. The number of aryl methyl sites for hydroxylation is 1. The third-order valence-electron chi connectivity index (χ3n) is 6.15. The Balaban J connectivity index is 0.000000230. The van der Waals surface area contributed by atoms with Gasteiger partial charge in [-0.25, -0.2) is 8.78 Å². The van der Waals surface area contributed by atoms with E-state index >= 15 is 0 Å². The summed E-state index contributed by atoms with van der Waals surface area (Å²) in [6, 6.07) is 2.71. The third-order valence-corrected chi connectivity index (χ3v) is 6.15. The summed E-state index contributed by atoms with van der Waals surface area (Å²) in [4.78, 5) is 2.04. The number of alkyl halides is 1. The van der Waals surface area contributed by atoms with Crippen molar-refractivity contribution in [2.75, 3.05) is 25.9 Å². The van der Waals surface area contributed by atoms with E-state index in [0.717, 1.165) is 43.4 Å². The largest absolute Gasteiger partial charge is 0.507 e. The van der Waals surface area contributed by atoms with Crippen LogP contribution in [0.15, 0.2) is 12.1 Å². The number of phenolic OH excluding ortho intramolecular Hbond substituents is 1. The first-order chi connectivity index (χ1) is 14.3. The fraction of sp³-hybridized carbons (Fsp3) is 0.545. The highest BCUT2D eigenvalue weighted by Crippen LogP contribution is 2.49. The Morgan fingerprint density at radius 1 is 1.27 bits per heavy atom. The summed E-state index contributed by atoms with van der Waals surface area (Å²) in [6.07, 6.45) is 3.91. The van der Waals surface area contributed by atoms with Gasteiger partial charge in [0.2, 0.25) is 0 Å². The number of nitrogen functional groups attached to an aromatic ring is 1. The quantitative estimate of drug-likeness (QED) is 0.737. The smallest absolute Gasteiger partial charge is 0.151 e. The van der Waals surface area contributed by atoms with Crippen LogP contribution in [0, 0.1) is 12.7 Å². The maximum absolute atomic E-state index is 13.9. The minimum atomic E-state index is -0.561. The highest BCUT2D eigenvalue weighted by molar-refractivity contribution is 5.73. The third kappa shape index (κ3) is 4.25. The minimum absolute atomic E-state index is 0.00323. The molecular formula is C22H28F2N4O2. The summed E-state index contributed by atoms with van der Waals surface area (Å²) in [5, 5.41) is 18.3. The van der Waals surface area contributed by atoms with Gasteiger partial charge in [0, 0.05) is 24.1 Å². The molecule has 3 N–H and O–H groups in total. The van der Waals surface area contributed by atoms with E-state index in [9.17, 15) is 13.9 Å². The van der Waals surface area contributed by atoms with Gasteiger partial charge in [0.15, 0.2) is 5.82 Å². The molecule has 2 aromatic rings. The van der Waals surface area contributed by atoms with Crippen molar-refractivity contribution < 1.29 is 18.6 Å². The zero-order valence-corrected chi connectivity index (χ0v) is 17.4. The zero-order valence-electron chi connectivity index (χ0n) is 17.4. The van der Waals surface area contributed by atoms with Crippen LogP contribution in [0.3, 0.4) is 0 Å². The van der Waals surface area contributed by atoms with Crippen molar-refractivity contribution in [2.24, 2.45) is 0 Å². The number of benzene rings is 1. The molecule has 0 unspecified atom stereocenters. The highest BCUT2D eigenvalue weighted by Gasteiger charge is 2.48. The molecule has 0 bridgehead atoms. The van der Waals surface area contributed by atoms with E-state index in [-0.39, 0.29) is 17.2 Å². The SMILES string of the molecule is CN1CCC[C@@H](F)C1.Cc1cc(O)c(-c2nnc(N)c3c2CC2(CC2)OC3)cc1F. The predicted octanol–water partition coefficient (Wildman–Crippen LogP) is 3.53. The van der Waals surface area contributed by atoms with Crippen LogP contribution in [-0.2, 0) is 17.8 Å². The second-order valence-electron chi connectivity index (χ2n) is 8.66. The first kappa shape index (κ1) is 20.9. The molecule has 162 valence electrons. The molecule has 1 aromatic carbocycles. The molecule has 6 nitrogen and oxygen atoms in total. The number of nitrogens with zero attached hydrogens (tertiary/aromatic N) is 3. The Bertz CT molecular complexity index is 941. The highest BCUT2D eigenvalue weighted by atomic mass is 19.1. The van der Waals surface area contributed by atoms with Gasteiger partial charge in [0.1, 0.15) is 23.4 Å². The molecule has 8 heteroatoms. The number of halogens is 2. The van der Waals surface area contributed by atoms with Gasteiger partial charge < -0.3 is 20.5 Å². The topological polar surface area (TPSA) is 84.5 Å². The number of aromatic nitrogens is 2. The van der Waals surface area contributed by atoms with E-state index in [0.29, 0.717) is 42.2 Å². The number of hydrogen-bond donors (Lipinski definition) is 2. The van der Waals surface area contributed by atoms with Crippen LogP contribution in [0.2, 0.25) is 0 Å². The minimum Gasteiger partial charge on any atom is -0.507 e. The van der Waals surface area contributed by atoms with Crippen molar-refractivity contribution in [3.8, 4) is 17.0 Å². The zero-order chi connectivity index (χ0) is 21.5. The van der Waals surface area contributed by atoms with Crippen LogP contribution in [0.1, 0.15) is 42.4 Å². The molecule has 1 spiro atoms. The van der Waals surface area contributed by atoms with Gasteiger partial charge in [-0.1, -0.05) is 0 Å². The average molecular weight is 418 g/mol. The van der Waals surface area contributed by atoms with E-state index < -0.39 is 6.17 Å². The monoisotopic (exact) mass is 418 g/mol. The average Bonchev–Trinajstić information content (AvgIpc) is 3.44. The molecule has 1 saturated carbocycles. The Kier molecular flexibility index (Phi) is 5.63. The van der Waals surface area contributed by atoms with Crippen molar-refractivity contribution in [1.82, 2.24) is 15.1 Å². The molecule has 1 aliphatic carbocycles. The predicted molar refractivity (Wildman–Crippen MR) is 110 cm³/mol. The number of piperidine rings is 1. The standard InChI is InChI=1S/C16H16FN3O2.C6H12FN/c1-8-4-13(21)9(5-12(8)17)14-10-6-16(2-3-16)22-7-11(10)15(18)20-19-14;1-8-4-2-3-6(7)5-8/h4-5,21H,2-3,6-7H2,1H3,(H2,18,20);6H,2-5H2,1H3/t;6-/m.1/s1. The molecule has 0 radical (unpaired) electrons. The summed E-state index contributed by atoms with van der Waals surface area (Å²) in [7, 11) is 1.96. The van der Waals surface area contributed by atoms with Crippen LogP contribution in [0.25, 0.3) is 11.3 Å². The number of ether oxygens (including phenoxy) is 1. The number of rotatable bonds is 1. The van der Waals surface area contributed by atoms with Gasteiger partial charge in [0.25, 0.3) is 0 Å². The first-order valence-corrected chi connectivity index (χ1v) is 10.4. The molecular weight excluding hydrogens is 390 g/mol. The van der Waals surface area contributed by atoms with E-state index in [2.05, 4.69) is 10.2 Å². The van der Waals surface area contributed by atoms with Crippen LogP contribution < -0.4 is 5.73 Å². The summed E-state index contributed by atoms with van der Waals surface area (Å²) < 4.78 is 32.2.